The van der Waals surface area contributed by atoms with Crippen LogP contribution in [0.25, 0.3) is 0 Å². The average Bonchev–Trinajstić information content (AvgIpc) is 1.88. The minimum Gasteiger partial charge on any atom is -0.259 e. The van der Waals surface area contributed by atoms with Gasteiger partial charge in [-0.2, -0.15) is 0 Å². The van der Waals surface area contributed by atoms with Crippen molar-refractivity contribution in [3.05, 3.63) is 11.6 Å². The van der Waals surface area contributed by atoms with E-state index < -0.39 is 10.8 Å². The van der Waals surface area contributed by atoms with Crippen LogP contribution in [0.4, 0.5) is 0 Å². The second-order valence-corrected chi connectivity index (χ2v) is 4.62. The van der Waals surface area contributed by atoms with Gasteiger partial charge in [-0.1, -0.05) is 25.5 Å². The SMILES string of the molecule is CC(C)C1=CCS(=O)CC1. The van der Waals surface area contributed by atoms with E-state index in [9.17, 15) is 4.21 Å². The van der Waals surface area contributed by atoms with Gasteiger partial charge in [0.2, 0.25) is 0 Å². The van der Waals surface area contributed by atoms with Gasteiger partial charge >= 0.3 is 0 Å². The molecule has 10 heavy (non-hydrogen) atoms. The van der Waals surface area contributed by atoms with Crippen LogP contribution in [-0.2, 0) is 10.8 Å². The van der Waals surface area contributed by atoms with E-state index in [1.54, 1.807) is 0 Å². The van der Waals surface area contributed by atoms with Crippen LogP contribution in [0.3, 0.4) is 0 Å². The maximum atomic E-state index is 10.9. The molecule has 2 heteroatoms. The summed E-state index contributed by atoms with van der Waals surface area (Å²) < 4.78 is 10.9. The molecule has 1 rings (SSSR count). The minimum atomic E-state index is -0.554. The van der Waals surface area contributed by atoms with Gasteiger partial charge in [0.05, 0.1) is 0 Å². The number of rotatable bonds is 1. The van der Waals surface area contributed by atoms with E-state index in [4.69, 9.17) is 0 Å². The quantitative estimate of drug-likeness (QED) is 0.531. The lowest BCUT2D eigenvalue weighted by Gasteiger charge is -2.15. The van der Waals surface area contributed by atoms with Gasteiger partial charge in [-0.3, -0.25) is 4.21 Å². The third-order valence-electron chi connectivity index (χ3n) is 1.89. The predicted octanol–water partition coefficient (Wildman–Crippen LogP) is 1.72. The van der Waals surface area contributed by atoms with Gasteiger partial charge in [-0.05, 0) is 12.3 Å². The zero-order valence-corrected chi connectivity index (χ0v) is 7.41. The molecule has 58 valence electrons. The maximum absolute atomic E-state index is 10.9. The number of hydrogen-bond acceptors (Lipinski definition) is 1. The molecule has 0 aromatic heterocycles. The molecular weight excluding hydrogens is 144 g/mol. The summed E-state index contributed by atoms with van der Waals surface area (Å²) in [7, 11) is -0.554. The summed E-state index contributed by atoms with van der Waals surface area (Å²) in [6.45, 7) is 4.39. The lowest BCUT2D eigenvalue weighted by atomic mass is 10.0. The van der Waals surface area contributed by atoms with Crippen LogP contribution in [0.2, 0.25) is 0 Å². The van der Waals surface area contributed by atoms with E-state index >= 15 is 0 Å². The van der Waals surface area contributed by atoms with Gasteiger partial charge < -0.3 is 0 Å². The molecule has 1 aliphatic rings. The van der Waals surface area contributed by atoms with Crippen molar-refractivity contribution < 1.29 is 4.21 Å². The fourth-order valence-electron chi connectivity index (χ4n) is 1.14. The van der Waals surface area contributed by atoms with Gasteiger partial charge in [-0.15, -0.1) is 0 Å². The Bertz CT molecular complexity index is 170. The summed E-state index contributed by atoms with van der Waals surface area (Å²) in [5, 5.41) is 0. The highest BCUT2D eigenvalue weighted by Crippen LogP contribution is 2.17. The second kappa shape index (κ2) is 3.33. The summed E-state index contributed by atoms with van der Waals surface area (Å²) in [4.78, 5) is 0. The number of allylic oxidation sites excluding steroid dienone is 1. The summed E-state index contributed by atoms with van der Waals surface area (Å²) in [5.74, 6) is 2.31. The van der Waals surface area contributed by atoms with E-state index in [1.807, 2.05) is 0 Å². The topological polar surface area (TPSA) is 17.1 Å². The molecule has 0 aromatic rings. The average molecular weight is 158 g/mol. The third-order valence-corrected chi connectivity index (χ3v) is 3.09. The summed E-state index contributed by atoms with van der Waals surface area (Å²) in [6, 6.07) is 0. The highest BCUT2D eigenvalue weighted by molar-refractivity contribution is 7.85. The van der Waals surface area contributed by atoms with Gasteiger partial charge in [0.15, 0.2) is 0 Å². The monoisotopic (exact) mass is 158 g/mol. The summed E-state index contributed by atoms with van der Waals surface area (Å²) in [5.41, 5.74) is 1.49. The van der Waals surface area contributed by atoms with E-state index in [1.165, 1.54) is 5.57 Å². The van der Waals surface area contributed by atoms with Crippen LogP contribution in [-0.4, -0.2) is 15.7 Å². The lowest BCUT2D eigenvalue weighted by Crippen LogP contribution is -2.11. The minimum absolute atomic E-state index is 0.554. The van der Waals surface area contributed by atoms with E-state index in [2.05, 4.69) is 19.9 Å². The first kappa shape index (κ1) is 7.99. The molecule has 1 aliphatic heterocycles. The van der Waals surface area contributed by atoms with Gasteiger partial charge in [0.1, 0.15) is 0 Å². The molecule has 0 fully saturated rings. The molecule has 0 saturated heterocycles. The molecule has 1 unspecified atom stereocenters. The summed E-state index contributed by atoms with van der Waals surface area (Å²) >= 11 is 0. The van der Waals surface area contributed by atoms with Crippen molar-refractivity contribution in [2.24, 2.45) is 5.92 Å². The Morgan fingerprint density at radius 2 is 2.30 bits per heavy atom. The second-order valence-electron chi connectivity index (χ2n) is 2.99. The van der Waals surface area contributed by atoms with Gasteiger partial charge in [-0.25, -0.2) is 0 Å². The normalized spacial score (nSPS) is 26.7. The third kappa shape index (κ3) is 1.94. The van der Waals surface area contributed by atoms with Crippen molar-refractivity contribution in [3.63, 3.8) is 0 Å². The predicted molar refractivity (Wildman–Crippen MR) is 45.4 cm³/mol. The van der Waals surface area contributed by atoms with Gasteiger partial charge in [0, 0.05) is 22.3 Å². The van der Waals surface area contributed by atoms with Crippen LogP contribution in [0.1, 0.15) is 20.3 Å². The molecule has 0 N–H and O–H groups in total. The first-order chi connectivity index (χ1) is 4.70. The molecule has 1 nitrogen and oxygen atoms in total. The molecule has 1 atom stereocenters. The Hall–Kier alpha value is -0.110. The molecule has 0 amide bonds. The standard InChI is InChI=1S/C8H14OS/c1-7(2)8-3-5-10(9)6-4-8/h3,7H,4-6H2,1-2H3. The molecule has 0 aromatic carbocycles. The lowest BCUT2D eigenvalue weighted by molar-refractivity contribution is 0.674. The molecule has 0 saturated carbocycles. The van der Waals surface area contributed by atoms with Crippen LogP contribution in [0.5, 0.6) is 0 Å². The maximum Gasteiger partial charge on any atom is 0.0418 e. The molecule has 0 bridgehead atoms. The summed E-state index contributed by atoms with van der Waals surface area (Å²) in [6.07, 6.45) is 3.19. The van der Waals surface area contributed by atoms with Crippen molar-refractivity contribution in [3.8, 4) is 0 Å². The Morgan fingerprint density at radius 3 is 2.70 bits per heavy atom. The molecule has 0 aliphatic carbocycles. The van der Waals surface area contributed by atoms with Crippen molar-refractivity contribution in [1.82, 2.24) is 0 Å². The van der Waals surface area contributed by atoms with Crippen LogP contribution in [0.15, 0.2) is 11.6 Å². The Balaban J connectivity index is 2.56. The van der Waals surface area contributed by atoms with E-state index in [0.717, 1.165) is 17.9 Å². The smallest absolute Gasteiger partial charge is 0.0418 e. The van der Waals surface area contributed by atoms with E-state index in [-0.39, 0.29) is 0 Å². The Labute approximate surface area is 65.0 Å². The Kier molecular flexibility index (Phi) is 2.66. The van der Waals surface area contributed by atoms with Crippen molar-refractivity contribution in [2.75, 3.05) is 11.5 Å². The molecule has 0 radical (unpaired) electrons. The van der Waals surface area contributed by atoms with Crippen molar-refractivity contribution in [1.29, 1.82) is 0 Å². The zero-order valence-electron chi connectivity index (χ0n) is 6.59. The largest absolute Gasteiger partial charge is 0.259 e. The van der Waals surface area contributed by atoms with Crippen molar-refractivity contribution >= 4 is 10.8 Å². The van der Waals surface area contributed by atoms with Crippen LogP contribution < -0.4 is 0 Å². The Morgan fingerprint density at radius 1 is 1.60 bits per heavy atom. The zero-order chi connectivity index (χ0) is 7.56. The molecular formula is C8H14OS. The molecule has 1 heterocycles. The molecule has 0 spiro atoms. The highest BCUT2D eigenvalue weighted by atomic mass is 32.2. The van der Waals surface area contributed by atoms with Crippen LogP contribution in [0, 0.1) is 5.92 Å². The first-order valence-electron chi connectivity index (χ1n) is 3.74. The highest BCUT2D eigenvalue weighted by Gasteiger charge is 2.10. The van der Waals surface area contributed by atoms with Crippen LogP contribution >= 0.6 is 0 Å². The fourth-order valence-corrected chi connectivity index (χ4v) is 2.17. The van der Waals surface area contributed by atoms with Crippen molar-refractivity contribution in [2.45, 2.75) is 20.3 Å². The van der Waals surface area contributed by atoms with Gasteiger partial charge in [0.25, 0.3) is 0 Å². The van der Waals surface area contributed by atoms with E-state index in [0.29, 0.717) is 5.92 Å². The fraction of sp³-hybridized carbons (Fsp3) is 0.750. The first-order valence-corrected chi connectivity index (χ1v) is 5.23. The number of hydrogen-bond donors (Lipinski definition) is 0.